The lowest BCUT2D eigenvalue weighted by atomic mass is 10.2. The van der Waals surface area contributed by atoms with Crippen molar-refractivity contribution >= 4 is 21.7 Å². The van der Waals surface area contributed by atoms with E-state index in [9.17, 15) is 4.79 Å². The van der Waals surface area contributed by atoms with Crippen LogP contribution >= 0.6 is 15.9 Å². The molecule has 0 bridgehead atoms. The Morgan fingerprint density at radius 2 is 2.29 bits per heavy atom. The van der Waals surface area contributed by atoms with Gasteiger partial charge in [0, 0.05) is 13.0 Å². The highest BCUT2D eigenvalue weighted by atomic mass is 79.9. The number of fused-ring (bicyclic) bond motifs is 3. The Hall–Kier alpha value is -1.43. The molecule has 3 rings (SSSR count). The van der Waals surface area contributed by atoms with Crippen LogP contribution in [-0.4, -0.2) is 25.1 Å². The molecule has 2 aromatic heterocycles. The maximum atomic E-state index is 11.5. The van der Waals surface area contributed by atoms with Crippen molar-refractivity contribution in [1.29, 1.82) is 0 Å². The molecule has 0 aliphatic carbocycles. The second kappa shape index (κ2) is 3.53. The zero-order valence-corrected chi connectivity index (χ0v) is 11.1. The molecule has 2 aromatic rings. The highest BCUT2D eigenvalue weighted by molar-refractivity contribution is 9.10. The third-order valence-electron chi connectivity index (χ3n) is 3.00. The quantitative estimate of drug-likeness (QED) is 0.758. The number of Topliss-reactive ketones (excluding diaryl/α,β-unsaturated/α-hetero) is 1. The standard InChI is InChI=1S/C11H11BrN4O/c1-6-5-15-8(3-10(12)14-15)9-4-13-11(7(2)17)16(6)9/h3-4,6H,5H2,1-2H3/t6-/m0/s1. The molecule has 1 atom stereocenters. The molecular weight excluding hydrogens is 284 g/mol. The minimum absolute atomic E-state index is 0.00451. The van der Waals surface area contributed by atoms with Gasteiger partial charge in [0.15, 0.2) is 11.6 Å². The molecule has 0 amide bonds. The van der Waals surface area contributed by atoms with Crippen molar-refractivity contribution in [3.05, 3.63) is 22.7 Å². The number of nitrogens with zero attached hydrogens (tertiary/aromatic N) is 4. The van der Waals surface area contributed by atoms with Gasteiger partial charge in [-0.25, -0.2) is 4.98 Å². The fraction of sp³-hybridized carbons (Fsp3) is 0.364. The maximum absolute atomic E-state index is 11.5. The summed E-state index contributed by atoms with van der Waals surface area (Å²) in [5.74, 6) is 0.520. The van der Waals surface area contributed by atoms with E-state index in [-0.39, 0.29) is 11.8 Å². The number of carbonyl (C=O) groups is 1. The number of rotatable bonds is 1. The SMILES string of the molecule is CC(=O)c1ncc2n1[C@@H](C)Cn1nc(Br)cc1-2. The third kappa shape index (κ3) is 1.47. The predicted octanol–water partition coefficient (Wildman–Crippen LogP) is 2.29. The summed E-state index contributed by atoms with van der Waals surface area (Å²) >= 11 is 3.37. The average Bonchev–Trinajstić information content (AvgIpc) is 2.80. The molecule has 3 heterocycles. The van der Waals surface area contributed by atoms with Gasteiger partial charge in [0.1, 0.15) is 4.60 Å². The van der Waals surface area contributed by atoms with Crippen LogP contribution in [0.3, 0.4) is 0 Å². The van der Waals surface area contributed by atoms with E-state index in [0.717, 1.165) is 22.5 Å². The molecule has 0 aromatic carbocycles. The second-order valence-corrected chi connectivity index (χ2v) is 5.09. The van der Waals surface area contributed by atoms with E-state index in [1.807, 2.05) is 15.3 Å². The first-order chi connectivity index (χ1) is 8.08. The van der Waals surface area contributed by atoms with E-state index in [1.165, 1.54) is 0 Å². The fourth-order valence-electron chi connectivity index (χ4n) is 2.32. The molecule has 17 heavy (non-hydrogen) atoms. The van der Waals surface area contributed by atoms with Crippen LogP contribution in [0.5, 0.6) is 0 Å². The summed E-state index contributed by atoms with van der Waals surface area (Å²) in [6, 6.07) is 2.13. The van der Waals surface area contributed by atoms with Crippen molar-refractivity contribution in [3.63, 3.8) is 0 Å². The summed E-state index contributed by atoms with van der Waals surface area (Å²) in [5.41, 5.74) is 1.95. The highest BCUT2D eigenvalue weighted by Gasteiger charge is 2.27. The maximum Gasteiger partial charge on any atom is 0.195 e. The second-order valence-electron chi connectivity index (χ2n) is 4.28. The first-order valence-corrected chi connectivity index (χ1v) is 6.19. The third-order valence-corrected chi connectivity index (χ3v) is 3.39. The number of hydrogen-bond acceptors (Lipinski definition) is 3. The summed E-state index contributed by atoms with van der Waals surface area (Å²) < 4.78 is 4.74. The van der Waals surface area contributed by atoms with Gasteiger partial charge < -0.3 is 4.57 Å². The van der Waals surface area contributed by atoms with E-state index in [1.54, 1.807) is 13.1 Å². The molecule has 0 spiro atoms. The van der Waals surface area contributed by atoms with Crippen molar-refractivity contribution in [2.75, 3.05) is 0 Å². The topological polar surface area (TPSA) is 52.7 Å². The number of aromatic nitrogens is 4. The number of imidazole rings is 1. The highest BCUT2D eigenvalue weighted by Crippen LogP contribution is 2.32. The molecule has 1 aliphatic rings. The number of halogens is 1. The van der Waals surface area contributed by atoms with Crippen molar-refractivity contribution in [2.45, 2.75) is 26.4 Å². The predicted molar refractivity (Wildman–Crippen MR) is 65.9 cm³/mol. The van der Waals surface area contributed by atoms with E-state index in [0.29, 0.717) is 5.82 Å². The Morgan fingerprint density at radius 1 is 1.53 bits per heavy atom. The van der Waals surface area contributed by atoms with Gasteiger partial charge in [-0.3, -0.25) is 9.48 Å². The molecule has 0 saturated carbocycles. The molecule has 6 heteroatoms. The van der Waals surface area contributed by atoms with E-state index in [4.69, 9.17) is 0 Å². The van der Waals surface area contributed by atoms with E-state index < -0.39 is 0 Å². The summed E-state index contributed by atoms with van der Waals surface area (Å²) in [6.45, 7) is 4.37. The normalized spacial score (nSPS) is 17.7. The summed E-state index contributed by atoms with van der Waals surface area (Å²) in [5, 5.41) is 4.36. The summed E-state index contributed by atoms with van der Waals surface area (Å²) in [4.78, 5) is 15.7. The monoisotopic (exact) mass is 294 g/mol. The van der Waals surface area contributed by atoms with Crippen LogP contribution in [0.4, 0.5) is 0 Å². The van der Waals surface area contributed by atoms with Gasteiger partial charge >= 0.3 is 0 Å². The first-order valence-electron chi connectivity index (χ1n) is 5.40. The van der Waals surface area contributed by atoms with Gasteiger partial charge in [-0.05, 0) is 22.9 Å². The van der Waals surface area contributed by atoms with Crippen molar-refractivity contribution in [2.24, 2.45) is 0 Å². The number of ketones is 1. The Bertz CT molecular complexity index is 613. The van der Waals surface area contributed by atoms with Crippen LogP contribution in [0, 0.1) is 0 Å². The van der Waals surface area contributed by atoms with E-state index >= 15 is 0 Å². The van der Waals surface area contributed by atoms with Crippen molar-refractivity contribution in [3.8, 4) is 11.4 Å². The first kappa shape index (κ1) is 10.7. The molecule has 0 radical (unpaired) electrons. The lowest BCUT2D eigenvalue weighted by Gasteiger charge is -2.24. The molecule has 0 saturated heterocycles. The minimum Gasteiger partial charge on any atom is -0.316 e. The molecular formula is C11H11BrN4O. The van der Waals surface area contributed by atoms with Gasteiger partial charge in [-0.15, -0.1) is 0 Å². The van der Waals surface area contributed by atoms with Crippen LogP contribution in [0.1, 0.15) is 30.5 Å². The lowest BCUT2D eigenvalue weighted by molar-refractivity contribution is 0.0996. The zero-order valence-electron chi connectivity index (χ0n) is 9.51. The van der Waals surface area contributed by atoms with Gasteiger partial charge in [0.05, 0.1) is 30.2 Å². The Morgan fingerprint density at radius 3 is 3.00 bits per heavy atom. The molecule has 0 fully saturated rings. The molecule has 5 nitrogen and oxygen atoms in total. The number of hydrogen-bond donors (Lipinski definition) is 0. The van der Waals surface area contributed by atoms with Crippen LogP contribution in [0.25, 0.3) is 11.4 Å². The average molecular weight is 295 g/mol. The van der Waals surface area contributed by atoms with Gasteiger partial charge in [0.25, 0.3) is 0 Å². The summed E-state index contributed by atoms with van der Waals surface area (Å²) in [6.07, 6.45) is 1.74. The lowest BCUT2D eigenvalue weighted by Crippen LogP contribution is -2.23. The van der Waals surface area contributed by atoms with Crippen molar-refractivity contribution < 1.29 is 4.79 Å². The van der Waals surface area contributed by atoms with Gasteiger partial charge in [-0.1, -0.05) is 0 Å². The smallest absolute Gasteiger partial charge is 0.195 e. The number of carbonyl (C=O) groups excluding carboxylic acids is 1. The molecule has 0 unspecified atom stereocenters. The van der Waals surface area contributed by atoms with Gasteiger partial charge in [0.2, 0.25) is 0 Å². The van der Waals surface area contributed by atoms with Crippen LogP contribution in [-0.2, 0) is 6.54 Å². The molecule has 1 aliphatic heterocycles. The van der Waals surface area contributed by atoms with Crippen LogP contribution in [0.2, 0.25) is 0 Å². The largest absolute Gasteiger partial charge is 0.316 e. The van der Waals surface area contributed by atoms with E-state index in [2.05, 4.69) is 32.9 Å². The fourth-order valence-corrected chi connectivity index (χ4v) is 2.73. The van der Waals surface area contributed by atoms with Gasteiger partial charge in [-0.2, -0.15) is 5.10 Å². The van der Waals surface area contributed by atoms with Crippen molar-refractivity contribution in [1.82, 2.24) is 19.3 Å². The Balaban J connectivity index is 2.26. The van der Waals surface area contributed by atoms with Crippen LogP contribution in [0.15, 0.2) is 16.9 Å². The summed E-state index contributed by atoms with van der Waals surface area (Å²) in [7, 11) is 0. The zero-order chi connectivity index (χ0) is 12.2. The minimum atomic E-state index is -0.00451. The Labute approximate surface area is 107 Å². The van der Waals surface area contributed by atoms with Crippen LogP contribution < -0.4 is 0 Å². The molecule has 0 N–H and O–H groups in total. The molecule has 88 valence electrons. The Kier molecular flexibility index (Phi) is 2.22.